The van der Waals surface area contributed by atoms with Gasteiger partial charge in [0.05, 0.1) is 12.6 Å². The lowest BCUT2D eigenvalue weighted by molar-refractivity contribution is 0.107. The fraction of sp³-hybridized carbons (Fsp3) is 0.619. The van der Waals surface area contributed by atoms with Gasteiger partial charge < -0.3 is 15.0 Å². The minimum Gasteiger partial charge on any atom is -0.497 e. The van der Waals surface area contributed by atoms with Gasteiger partial charge in [-0.3, -0.25) is 0 Å². The molecule has 130 valence electrons. The quantitative estimate of drug-likeness (QED) is 0.793. The van der Waals surface area contributed by atoms with E-state index in [-0.39, 0.29) is 5.54 Å². The van der Waals surface area contributed by atoms with Gasteiger partial charge in [0, 0.05) is 23.1 Å². The third-order valence-corrected chi connectivity index (χ3v) is 6.49. The highest BCUT2D eigenvalue weighted by atomic mass is 16.5. The molecule has 0 atom stereocenters. The van der Waals surface area contributed by atoms with Crippen LogP contribution >= 0.6 is 0 Å². The zero-order chi connectivity index (χ0) is 16.9. The lowest BCUT2D eigenvalue weighted by atomic mass is 9.65. The first-order valence-corrected chi connectivity index (χ1v) is 9.37. The van der Waals surface area contributed by atoms with E-state index in [1.807, 2.05) is 0 Å². The molecule has 1 aromatic carbocycles. The van der Waals surface area contributed by atoms with Crippen LogP contribution in [0.2, 0.25) is 0 Å². The van der Waals surface area contributed by atoms with Crippen molar-refractivity contribution in [2.24, 2.45) is 11.3 Å². The minimum atomic E-state index is 0.154. The van der Waals surface area contributed by atoms with Gasteiger partial charge >= 0.3 is 0 Å². The lowest BCUT2D eigenvalue weighted by Crippen LogP contribution is -2.50. The van der Waals surface area contributed by atoms with Crippen molar-refractivity contribution in [1.82, 2.24) is 10.3 Å². The maximum absolute atomic E-state index is 5.44. The average Bonchev–Trinajstić information content (AvgIpc) is 2.94. The normalized spacial score (nSPS) is 27.4. The van der Waals surface area contributed by atoms with Crippen LogP contribution in [0.25, 0.3) is 10.9 Å². The molecule has 1 saturated carbocycles. The molecule has 1 spiro atoms. The number of benzene rings is 1. The number of H-pyrrole nitrogens is 1. The Kier molecular flexibility index (Phi) is 3.68. The molecule has 2 aromatic rings. The second-order valence-corrected chi connectivity index (χ2v) is 8.79. The zero-order valence-corrected chi connectivity index (χ0v) is 15.5. The first kappa shape index (κ1) is 16.0. The predicted molar refractivity (Wildman–Crippen MR) is 99.6 cm³/mol. The third-order valence-electron chi connectivity index (χ3n) is 6.49. The Labute approximate surface area is 145 Å². The summed E-state index contributed by atoms with van der Waals surface area (Å²) in [6.45, 7) is 8.26. The molecule has 0 unspecified atom stereocenters. The van der Waals surface area contributed by atoms with Crippen LogP contribution in [-0.4, -0.2) is 18.6 Å². The molecule has 1 aliphatic heterocycles. The van der Waals surface area contributed by atoms with Gasteiger partial charge in [-0.2, -0.15) is 0 Å². The van der Waals surface area contributed by atoms with Crippen molar-refractivity contribution in [3.63, 3.8) is 0 Å². The summed E-state index contributed by atoms with van der Waals surface area (Å²) < 4.78 is 5.44. The van der Waals surface area contributed by atoms with Gasteiger partial charge in [0.15, 0.2) is 0 Å². The molecule has 1 fully saturated rings. The molecule has 3 heteroatoms. The smallest absolute Gasteiger partial charge is 0.119 e. The summed E-state index contributed by atoms with van der Waals surface area (Å²) in [4.78, 5) is 3.76. The van der Waals surface area contributed by atoms with E-state index >= 15 is 0 Å². The van der Waals surface area contributed by atoms with Crippen molar-refractivity contribution in [2.45, 2.75) is 58.4 Å². The summed E-state index contributed by atoms with van der Waals surface area (Å²) in [5, 5.41) is 5.24. The topological polar surface area (TPSA) is 37.0 Å². The Bertz CT molecular complexity index is 745. The summed E-state index contributed by atoms with van der Waals surface area (Å²) >= 11 is 0. The van der Waals surface area contributed by atoms with Crippen LogP contribution in [0.1, 0.15) is 57.7 Å². The molecule has 0 bridgehead atoms. The highest BCUT2D eigenvalue weighted by Crippen LogP contribution is 2.48. The summed E-state index contributed by atoms with van der Waals surface area (Å²) in [6, 6.07) is 6.42. The van der Waals surface area contributed by atoms with Crippen molar-refractivity contribution in [2.75, 3.05) is 13.7 Å². The summed E-state index contributed by atoms with van der Waals surface area (Å²) in [5.41, 5.74) is 4.79. The van der Waals surface area contributed by atoms with Gasteiger partial charge in [0.2, 0.25) is 0 Å². The highest BCUT2D eigenvalue weighted by molar-refractivity contribution is 5.86. The number of aromatic nitrogens is 1. The van der Waals surface area contributed by atoms with E-state index in [1.165, 1.54) is 47.8 Å². The van der Waals surface area contributed by atoms with Crippen molar-refractivity contribution >= 4 is 10.9 Å². The van der Waals surface area contributed by atoms with Gasteiger partial charge in [0.1, 0.15) is 5.75 Å². The molecule has 3 nitrogen and oxygen atoms in total. The van der Waals surface area contributed by atoms with Crippen molar-refractivity contribution in [3.8, 4) is 5.75 Å². The van der Waals surface area contributed by atoms with E-state index in [9.17, 15) is 0 Å². The molecule has 0 radical (unpaired) electrons. The first-order valence-electron chi connectivity index (χ1n) is 9.37. The van der Waals surface area contributed by atoms with Crippen LogP contribution in [0.4, 0.5) is 0 Å². The van der Waals surface area contributed by atoms with Crippen LogP contribution in [0.3, 0.4) is 0 Å². The second-order valence-electron chi connectivity index (χ2n) is 8.79. The Hall–Kier alpha value is -1.48. The van der Waals surface area contributed by atoms with Crippen molar-refractivity contribution in [3.05, 3.63) is 29.5 Å². The van der Waals surface area contributed by atoms with E-state index in [2.05, 4.69) is 49.3 Å². The Morgan fingerprint density at radius 1 is 1.17 bits per heavy atom. The SMILES string of the molecule is COc1ccc2[nH]c3c(c2c1)CCNC31CCC(C(C)(C)C)CC1. The molecule has 2 N–H and O–H groups in total. The highest BCUT2D eigenvalue weighted by Gasteiger charge is 2.43. The Morgan fingerprint density at radius 3 is 2.58 bits per heavy atom. The third kappa shape index (κ3) is 2.45. The summed E-state index contributed by atoms with van der Waals surface area (Å²) in [6.07, 6.45) is 6.22. The largest absolute Gasteiger partial charge is 0.497 e. The molecular formula is C21H30N2O. The molecule has 2 aliphatic rings. The number of aromatic amines is 1. The zero-order valence-electron chi connectivity index (χ0n) is 15.5. The molecular weight excluding hydrogens is 296 g/mol. The van der Waals surface area contributed by atoms with Crippen LogP contribution < -0.4 is 10.1 Å². The number of nitrogens with one attached hydrogen (secondary N) is 2. The van der Waals surface area contributed by atoms with Crippen molar-refractivity contribution in [1.29, 1.82) is 0 Å². The standard InChI is InChI=1S/C21H30N2O/c1-20(2,3)14-7-10-21(11-8-14)19-16(9-12-22-21)17-13-15(24-4)5-6-18(17)23-19/h5-6,13-14,22-23H,7-12H2,1-4H3. The fourth-order valence-electron chi connectivity index (χ4n) is 4.94. The van der Waals surface area contributed by atoms with E-state index in [0.29, 0.717) is 5.41 Å². The van der Waals surface area contributed by atoms with Crippen LogP contribution in [0, 0.1) is 11.3 Å². The van der Waals surface area contributed by atoms with Crippen LogP contribution in [0.15, 0.2) is 18.2 Å². The molecule has 1 aromatic heterocycles. The van der Waals surface area contributed by atoms with E-state index in [1.54, 1.807) is 7.11 Å². The predicted octanol–water partition coefficient (Wildman–Crippen LogP) is 4.75. The van der Waals surface area contributed by atoms with Gasteiger partial charge in [-0.05, 0) is 67.2 Å². The van der Waals surface area contributed by atoms with Gasteiger partial charge in [0.25, 0.3) is 0 Å². The molecule has 0 saturated heterocycles. The van der Waals surface area contributed by atoms with Crippen LogP contribution in [-0.2, 0) is 12.0 Å². The first-order chi connectivity index (χ1) is 11.4. The number of rotatable bonds is 1. The second kappa shape index (κ2) is 5.52. The number of ether oxygens (including phenoxy) is 1. The number of hydrogen-bond donors (Lipinski definition) is 2. The van der Waals surface area contributed by atoms with Gasteiger partial charge in [-0.25, -0.2) is 0 Å². The number of methoxy groups -OCH3 is 1. The summed E-state index contributed by atoms with van der Waals surface area (Å²) in [7, 11) is 1.75. The Morgan fingerprint density at radius 2 is 1.92 bits per heavy atom. The van der Waals surface area contributed by atoms with E-state index < -0.39 is 0 Å². The number of hydrogen-bond acceptors (Lipinski definition) is 2. The molecule has 1 aliphatic carbocycles. The van der Waals surface area contributed by atoms with Gasteiger partial charge in [-0.1, -0.05) is 20.8 Å². The summed E-state index contributed by atoms with van der Waals surface area (Å²) in [5.74, 6) is 1.79. The monoisotopic (exact) mass is 326 g/mol. The molecule has 24 heavy (non-hydrogen) atoms. The van der Waals surface area contributed by atoms with Gasteiger partial charge in [-0.15, -0.1) is 0 Å². The molecule has 4 rings (SSSR count). The van der Waals surface area contributed by atoms with Crippen LogP contribution in [0.5, 0.6) is 5.75 Å². The van der Waals surface area contributed by atoms with E-state index in [4.69, 9.17) is 4.74 Å². The maximum Gasteiger partial charge on any atom is 0.119 e. The fourth-order valence-corrected chi connectivity index (χ4v) is 4.94. The van der Waals surface area contributed by atoms with Crippen molar-refractivity contribution < 1.29 is 4.74 Å². The molecule has 0 amide bonds. The maximum atomic E-state index is 5.44. The minimum absolute atomic E-state index is 0.154. The number of fused-ring (bicyclic) bond motifs is 4. The Balaban J connectivity index is 1.72. The van der Waals surface area contributed by atoms with E-state index in [0.717, 1.165) is 24.6 Å². The average molecular weight is 326 g/mol. The molecule has 2 heterocycles. The lowest BCUT2D eigenvalue weighted by Gasteiger charge is -2.46.